The summed E-state index contributed by atoms with van der Waals surface area (Å²) in [7, 11) is -2.97. The molecule has 2 rings (SSSR count). The van der Waals surface area contributed by atoms with E-state index in [0.717, 1.165) is 30.1 Å². The van der Waals surface area contributed by atoms with Crippen LogP contribution in [0.4, 0.5) is 0 Å². The van der Waals surface area contributed by atoms with E-state index in [4.69, 9.17) is 0 Å². The van der Waals surface area contributed by atoms with Crippen molar-refractivity contribution in [1.82, 2.24) is 5.32 Å². The summed E-state index contributed by atoms with van der Waals surface area (Å²) in [5, 5.41) is 3.53. The van der Waals surface area contributed by atoms with Gasteiger partial charge in [0.05, 0.1) is 5.75 Å². The molecule has 0 aromatic heterocycles. The minimum Gasteiger partial charge on any atom is -0.312 e. The number of benzene rings is 1. The van der Waals surface area contributed by atoms with Crippen molar-refractivity contribution in [3.05, 3.63) is 47.0 Å². The summed E-state index contributed by atoms with van der Waals surface area (Å²) in [6.07, 6.45) is 6.11. The fourth-order valence-electron chi connectivity index (χ4n) is 3.24. The minimum absolute atomic E-state index is 0.113. The van der Waals surface area contributed by atoms with Crippen LogP contribution in [0.15, 0.2) is 35.9 Å². The number of hydrogen-bond donors (Lipinski definition) is 1. The van der Waals surface area contributed by atoms with Gasteiger partial charge in [-0.15, -0.1) is 0 Å². The van der Waals surface area contributed by atoms with Crippen molar-refractivity contribution in [2.24, 2.45) is 11.8 Å². The Morgan fingerprint density at radius 1 is 1.27 bits per heavy atom. The number of hydrogen-bond acceptors (Lipinski definition) is 3. The van der Waals surface area contributed by atoms with Crippen LogP contribution in [0.3, 0.4) is 0 Å². The van der Waals surface area contributed by atoms with Gasteiger partial charge in [0.25, 0.3) is 0 Å². The van der Waals surface area contributed by atoms with Crippen molar-refractivity contribution in [1.29, 1.82) is 0 Å². The van der Waals surface area contributed by atoms with Crippen LogP contribution in [0, 0.1) is 11.8 Å². The molecular weight excluding hydrogens is 294 g/mol. The Morgan fingerprint density at radius 3 is 2.68 bits per heavy atom. The Kier molecular flexibility index (Phi) is 5.81. The molecule has 1 N–H and O–H groups in total. The third-order valence-corrected chi connectivity index (χ3v) is 5.33. The van der Waals surface area contributed by atoms with Crippen molar-refractivity contribution in [3.63, 3.8) is 0 Å². The number of rotatable bonds is 6. The molecule has 1 aliphatic rings. The summed E-state index contributed by atoms with van der Waals surface area (Å²) in [6.45, 7) is 6.33. The highest BCUT2D eigenvalue weighted by Gasteiger charge is 2.21. The molecule has 1 aromatic carbocycles. The summed E-state index contributed by atoms with van der Waals surface area (Å²) in [5.41, 5.74) is 3.51. The first-order valence-corrected chi connectivity index (χ1v) is 10.0. The first-order valence-electron chi connectivity index (χ1n) is 7.98. The zero-order valence-corrected chi connectivity index (χ0v) is 14.6. The molecule has 0 radical (unpaired) electrons. The van der Waals surface area contributed by atoms with Gasteiger partial charge in [-0.1, -0.05) is 42.8 Å². The smallest absolute Gasteiger partial charge is 0.151 e. The predicted octanol–water partition coefficient (Wildman–Crippen LogP) is 3.31. The van der Waals surface area contributed by atoms with Crippen molar-refractivity contribution in [3.8, 4) is 0 Å². The zero-order valence-electron chi connectivity index (χ0n) is 13.8. The molecule has 122 valence electrons. The maximum absolute atomic E-state index is 11.4. The van der Waals surface area contributed by atoms with Gasteiger partial charge in [-0.2, -0.15) is 0 Å². The summed E-state index contributed by atoms with van der Waals surface area (Å²) < 4.78 is 22.8. The number of nitrogens with one attached hydrogen (secondary N) is 1. The average molecular weight is 321 g/mol. The van der Waals surface area contributed by atoms with E-state index in [2.05, 4.69) is 25.2 Å². The fourth-order valence-corrected chi connectivity index (χ4v) is 4.03. The summed E-state index contributed by atoms with van der Waals surface area (Å²) in [6, 6.07) is 7.85. The monoisotopic (exact) mass is 321 g/mol. The van der Waals surface area contributed by atoms with E-state index < -0.39 is 9.84 Å². The Hall–Kier alpha value is -1.13. The van der Waals surface area contributed by atoms with Crippen LogP contribution < -0.4 is 5.32 Å². The van der Waals surface area contributed by atoms with E-state index in [1.54, 1.807) is 0 Å². The quantitative estimate of drug-likeness (QED) is 0.818. The molecule has 0 unspecified atom stereocenters. The SMILES string of the molecule is CC1=CCC[C@@H](C)[C@H]1CNCc1cccc(CS(C)(=O)=O)c1. The second-order valence-electron chi connectivity index (χ2n) is 6.63. The Balaban J connectivity index is 1.90. The van der Waals surface area contributed by atoms with Crippen LogP contribution in [0.2, 0.25) is 0 Å². The van der Waals surface area contributed by atoms with Crippen LogP contribution in [0.25, 0.3) is 0 Å². The summed E-state index contributed by atoms with van der Waals surface area (Å²) in [5.74, 6) is 1.46. The predicted molar refractivity (Wildman–Crippen MR) is 92.3 cm³/mol. The molecule has 0 aliphatic heterocycles. The second kappa shape index (κ2) is 7.42. The average Bonchev–Trinajstić information content (AvgIpc) is 2.40. The van der Waals surface area contributed by atoms with Crippen molar-refractivity contribution in [2.75, 3.05) is 12.8 Å². The molecule has 0 bridgehead atoms. The highest BCUT2D eigenvalue weighted by molar-refractivity contribution is 7.89. The minimum atomic E-state index is -2.97. The van der Waals surface area contributed by atoms with E-state index in [1.165, 1.54) is 24.7 Å². The van der Waals surface area contributed by atoms with Crippen molar-refractivity contribution in [2.45, 2.75) is 39.0 Å². The van der Waals surface area contributed by atoms with Gasteiger partial charge in [-0.25, -0.2) is 8.42 Å². The van der Waals surface area contributed by atoms with Crippen LogP contribution in [0.1, 0.15) is 37.8 Å². The molecule has 0 amide bonds. The number of allylic oxidation sites excluding steroid dienone is 1. The lowest BCUT2D eigenvalue weighted by Crippen LogP contribution is -2.29. The Bertz CT molecular complexity index is 634. The van der Waals surface area contributed by atoms with Gasteiger partial charge in [-0.05, 0) is 42.7 Å². The second-order valence-corrected chi connectivity index (χ2v) is 8.77. The molecule has 0 saturated carbocycles. The maximum Gasteiger partial charge on any atom is 0.151 e. The van der Waals surface area contributed by atoms with Gasteiger partial charge >= 0.3 is 0 Å². The van der Waals surface area contributed by atoms with Gasteiger partial charge in [0.2, 0.25) is 0 Å². The van der Waals surface area contributed by atoms with Crippen LogP contribution in [-0.2, 0) is 22.1 Å². The van der Waals surface area contributed by atoms with Crippen LogP contribution in [-0.4, -0.2) is 21.2 Å². The summed E-state index contributed by atoms with van der Waals surface area (Å²) in [4.78, 5) is 0. The van der Waals surface area contributed by atoms with Gasteiger partial charge in [0, 0.05) is 19.3 Å². The van der Waals surface area contributed by atoms with E-state index in [1.807, 2.05) is 24.3 Å². The molecule has 3 nitrogen and oxygen atoms in total. The molecule has 4 heteroatoms. The molecule has 0 fully saturated rings. The first kappa shape index (κ1) is 17.2. The molecule has 0 heterocycles. The molecular formula is C18H27NO2S. The first-order chi connectivity index (χ1) is 10.3. The van der Waals surface area contributed by atoms with Gasteiger partial charge in [-0.3, -0.25) is 0 Å². The molecule has 2 atom stereocenters. The highest BCUT2D eigenvalue weighted by Crippen LogP contribution is 2.29. The van der Waals surface area contributed by atoms with Gasteiger partial charge in [0.15, 0.2) is 9.84 Å². The normalized spacial score (nSPS) is 22.4. The van der Waals surface area contributed by atoms with E-state index >= 15 is 0 Å². The maximum atomic E-state index is 11.4. The molecule has 0 spiro atoms. The number of sulfone groups is 1. The third-order valence-electron chi connectivity index (χ3n) is 4.47. The van der Waals surface area contributed by atoms with Gasteiger partial charge in [0.1, 0.15) is 0 Å². The van der Waals surface area contributed by atoms with Crippen LogP contribution in [0.5, 0.6) is 0 Å². The molecule has 1 aromatic rings. The topological polar surface area (TPSA) is 46.2 Å². The fraction of sp³-hybridized carbons (Fsp3) is 0.556. The van der Waals surface area contributed by atoms with Crippen molar-refractivity contribution < 1.29 is 8.42 Å². The highest BCUT2D eigenvalue weighted by atomic mass is 32.2. The molecule has 0 saturated heterocycles. The lowest BCUT2D eigenvalue weighted by Gasteiger charge is -2.29. The third kappa shape index (κ3) is 5.25. The van der Waals surface area contributed by atoms with E-state index in [0.29, 0.717) is 5.92 Å². The molecule has 1 aliphatic carbocycles. The lowest BCUT2D eigenvalue weighted by molar-refractivity contribution is 0.350. The van der Waals surface area contributed by atoms with Crippen LogP contribution >= 0.6 is 0 Å². The Morgan fingerprint density at radius 2 is 2.00 bits per heavy atom. The van der Waals surface area contributed by atoms with Gasteiger partial charge < -0.3 is 5.32 Å². The van der Waals surface area contributed by atoms with E-state index in [-0.39, 0.29) is 5.75 Å². The largest absolute Gasteiger partial charge is 0.312 e. The van der Waals surface area contributed by atoms with Crippen molar-refractivity contribution >= 4 is 9.84 Å². The zero-order chi connectivity index (χ0) is 16.2. The summed E-state index contributed by atoms with van der Waals surface area (Å²) >= 11 is 0. The lowest BCUT2D eigenvalue weighted by atomic mass is 9.80. The standard InChI is InChI=1S/C18H27NO2S/c1-14-6-4-7-15(2)18(14)12-19-11-16-8-5-9-17(10-16)13-22(3,20)21/h5-6,8-10,15,18-19H,4,7,11-13H2,1-3H3/t15-,18+/m1/s1. The van der Waals surface area contributed by atoms with E-state index in [9.17, 15) is 8.42 Å². The Labute approximate surface area is 134 Å². The molecule has 22 heavy (non-hydrogen) atoms.